The zero-order chi connectivity index (χ0) is 15.9. The van der Waals surface area contributed by atoms with Crippen molar-refractivity contribution in [2.45, 2.75) is 4.64 Å². The first kappa shape index (κ1) is 19.3. The van der Waals surface area contributed by atoms with Crippen LogP contribution in [0, 0.1) is 0 Å². The lowest BCUT2D eigenvalue weighted by atomic mass is 10.7. The molecule has 0 bridgehead atoms. The van der Waals surface area contributed by atoms with Crippen LogP contribution in [0.3, 0.4) is 0 Å². The maximum atomic E-state index is 11.1. The molecular formula is C3H10O12P4. The fourth-order valence-corrected chi connectivity index (χ4v) is 6.65. The highest BCUT2D eigenvalue weighted by atomic mass is 31.3. The van der Waals surface area contributed by atoms with Gasteiger partial charge in [0.05, 0.1) is 0 Å². The van der Waals surface area contributed by atoms with Crippen LogP contribution in [-0.2, 0) is 18.3 Å². The molecule has 0 amide bonds. The van der Waals surface area contributed by atoms with E-state index in [1.807, 2.05) is 0 Å². The second-order valence-electron chi connectivity index (χ2n) is 3.22. The quantitative estimate of drug-likeness (QED) is 0.271. The minimum absolute atomic E-state index is 0.399. The van der Waals surface area contributed by atoms with E-state index in [1.54, 1.807) is 0 Å². The predicted molar refractivity (Wildman–Crippen MR) is 60.0 cm³/mol. The third kappa shape index (κ3) is 4.15. The molecule has 0 aromatic rings. The van der Waals surface area contributed by atoms with Crippen molar-refractivity contribution >= 4 is 30.4 Å². The van der Waals surface area contributed by atoms with Gasteiger partial charge in [0.25, 0.3) is 4.64 Å². The van der Waals surface area contributed by atoms with Crippen LogP contribution in [0.5, 0.6) is 0 Å². The van der Waals surface area contributed by atoms with Gasteiger partial charge in [0.1, 0.15) is 0 Å². The van der Waals surface area contributed by atoms with E-state index in [9.17, 15) is 18.3 Å². The molecule has 0 aliphatic heterocycles. The summed E-state index contributed by atoms with van der Waals surface area (Å²) in [6, 6.07) is 0. The number of allylic oxidation sites excluding steroid dienone is 1. The summed E-state index contributed by atoms with van der Waals surface area (Å²) in [5.41, 5.74) is 0. The van der Waals surface area contributed by atoms with E-state index >= 15 is 0 Å². The van der Waals surface area contributed by atoms with Crippen LogP contribution in [-0.4, -0.2) is 43.8 Å². The van der Waals surface area contributed by atoms with Gasteiger partial charge in [0.2, 0.25) is 0 Å². The summed E-state index contributed by atoms with van der Waals surface area (Å²) in [5.74, 6) is -0.399. The molecule has 0 fully saturated rings. The molecule has 0 aromatic carbocycles. The first-order valence-electron chi connectivity index (χ1n) is 3.88. The molecule has 0 atom stereocenters. The van der Waals surface area contributed by atoms with Crippen molar-refractivity contribution in [3.8, 4) is 0 Å². The maximum absolute atomic E-state index is 11.1. The van der Waals surface area contributed by atoms with E-state index in [0.717, 1.165) is 0 Å². The standard InChI is InChI=1S/C3H10O12P4/c4-16(5,6)2-1-3(17(7,8)9,18(10,11)12)19(13,14)15/h1-2H,(H2,4,5,6)(H2,7,8,9)(H2,10,11,12)(H2,13,14,15)/b2-1-. The molecule has 0 unspecified atom stereocenters. The van der Waals surface area contributed by atoms with Gasteiger partial charge in [-0.3, -0.25) is 18.3 Å². The summed E-state index contributed by atoms with van der Waals surface area (Å²) in [4.78, 5) is 69.8. The van der Waals surface area contributed by atoms with Crippen LogP contribution in [0.25, 0.3) is 0 Å². The molecule has 19 heavy (non-hydrogen) atoms. The Bertz CT molecular complexity index is 494. The van der Waals surface area contributed by atoms with E-state index < -0.39 is 46.9 Å². The van der Waals surface area contributed by atoms with Crippen LogP contribution in [0.1, 0.15) is 0 Å². The van der Waals surface area contributed by atoms with Crippen LogP contribution in [0.4, 0.5) is 0 Å². The highest BCUT2D eigenvalue weighted by Crippen LogP contribution is 2.83. The van der Waals surface area contributed by atoms with Gasteiger partial charge in [-0.25, -0.2) is 0 Å². The summed E-state index contributed by atoms with van der Waals surface area (Å²) >= 11 is 0. The lowest BCUT2D eigenvalue weighted by Gasteiger charge is -2.31. The number of hydrogen-bond acceptors (Lipinski definition) is 4. The fraction of sp³-hybridized carbons (Fsp3) is 0.333. The third-order valence-electron chi connectivity index (χ3n) is 1.78. The van der Waals surface area contributed by atoms with E-state index in [-0.39, 0.29) is 0 Å². The molecule has 0 aromatic heterocycles. The van der Waals surface area contributed by atoms with Gasteiger partial charge in [0.15, 0.2) is 0 Å². The van der Waals surface area contributed by atoms with Gasteiger partial charge in [-0.1, -0.05) is 0 Å². The van der Waals surface area contributed by atoms with Crippen molar-refractivity contribution in [2.24, 2.45) is 0 Å². The van der Waals surface area contributed by atoms with Crippen LogP contribution >= 0.6 is 30.4 Å². The molecule has 0 heterocycles. The van der Waals surface area contributed by atoms with Crippen molar-refractivity contribution in [3.63, 3.8) is 0 Å². The molecule has 12 nitrogen and oxygen atoms in total. The molecule has 0 rings (SSSR count). The molecule has 0 aliphatic rings. The molecule has 0 spiro atoms. The van der Waals surface area contributed by atoms with E-state index in [2.05, 4.69) is 0 Å². The molecule has 114 valence electrons. The second kappa shape index (κ2) is 5.27. The Labute approximate surface area is 105 Å². The van der Waals surface area contributed by atoms with Gasteiger partial charge in [-0.2, -0.15) is 0 Å². The van der Waals surface area contributed by atoms with Gasteiger partial charge in [-0.05, 0) is 6.08 Å². The smallest absolute Gasteiger partial charge is 0.323 e. The molecule has 0 aliphatic carbocycles. The topological polar surface area (TPSA) is 230 Å². The summed E-state index contributed by atoms with van der Waals surface area (Å²) in [6.45, 7) is 0. The average Bonchev–Trinajstić information content (AvgIpc) is 1.92. The number of rotatable bonds is 5. The van der Waals surface area contributed by atoms with Crippen LogP contribution in [0.2, 0.25) is 0 Å². The summed E-state index contributed by atoms with van der Waals surface area (Å²) < 4.78 is 39.4. The lowest BCUT2D eigenvalue weighted by Crippen LogP contribution is -2.26. The highest BCUT2D eigenvalue weighted by molar-refractivity contribution is 7.89. The van der Waals surface area contributed by atoms with E-state index in [0.29, 0.717) is 0 Å². The molecule has 0 saturated heterocycles. The average molecular weight is 362 g/mol. The first-order valence-corrected chi connectivity index (χ1v) is 10.4. The van der Waals surface area contributed by atoms with Gasteiger partial charge >= 0.3 is 30.4 Å². The summed E-state index contributed by atoms with van der Waals surface area (Å²) in [6.07, 6.45) is -0.532. The SMILES string of the molecule is O=P(O)(O)/C=C\C(P(=O)(O)O)(P(=O)(O)O)P(=O)(O)O. The van der Waals surface area contributed by atoms with Crippen molar-refractivity contribution in [1.82, 2.24) is 0 Å². The van der Waals surface area contributed by atoms with E-state index in [1.165, 1.54) is 0 Å². The number of hydrogen-bond donors (Lipinski definition) is 8. The van der Waals surface area contributed by atoms with Crippen LogP contribution in [0.15, 0.2) is 11.9 Å². The summed E-state index contributed by atoms with van der Waals surface area (Å²) in [5, 5.41) is 0. The van der Waals surface area contributed by atoms with Crippen molar-refractivity contribution < 1.29 is 57.4 Å². The van der Waals surface area contributed by atoms with E-state index in [4.69, 9.17) is 39.1 Å². The summed E-state index contributed by atoms with van der Waals surface area (Å²) in [7, 11) is -23.8. The molecule has 16 heteroatoms. The van der Waals surface area contributed by atoms with Gasteiger partial charge < -0.3 is 39.1 Å². The first-order chi connectivity index (χ1) is 7.96. The molecule has 0 radical (unpaired) electrons. The Morgan fingerprint density at radius 1 is 0.632 bits per heavy atom. The lowest BCUT2D eigenvalue weighted by molar-refractivity contribution is 0.313. The predicted octanol–water partition coefficient (Wildman–Crippen LogP) is -1.14. The fourth-order valence-electron chi connectivity index (χ4n) is 0.997. The molecule has 0 saturated carbocycles. The zero-order valence-corrected chi connectivity index (χ0v) is 12.2. The Balaban J connectivity index is 6.57. The largest absolute Gasteiger partial charge is 0.360 e. The zero-order valence-electron chi connectivity index (χ0n) is 8.65. The Kier molecular flexibility index (Phi) is 5.37. The van der Waals surface area contributed by atoms with Gasteiger partial charge in [-0.15, -0.1) is 0 Å². The van der Waals surface area contributed by atoms with Gasteiger partial charge in [0, 0.05) is 5.82 Å². The molecule has 8 N–H and O–H groups in total. The second-order valence-corrected chi connectivity index (χ2v) is 11.1. The molecular weight excluding hydrogens is 352 g/mol. The minimum atomic E-state index is -6.19. The minimum Gasteiger partial charge on any atom is -0.323 e. The maximum Gasteiger partial charge on any atom is 0.360 e. The monoisotopic (exact) mass is 362 g/mol. The normalized spacial score (nSPS) is 16.0. The van der Waals surface area contributed by atoms with Crippen molar-refractivity contribution in [2.75, 3.05) is 0 Å². The Morgan fingerprint density at radius 2 is 0.895 bits per heavy atom. The Hall–Kier alpha value is 0.340. The third-order valence-corrected chi connectivity index (χ3v) is 10.0. The van der Waals surface area contributed by atoms with Crippen molar-refractivity contribution in [3.05, 3.63) is 11.9 Å². The highest BCUT2D eigenvalue weighted by Gasteiger charge is 2.70. The van der Waals surface area contributed by atoms with Crippen molar-refractivity contribution in [1.29, 1.82) is 0 Å². The van der Waals surface area contributed by atoms with Crippen LogP contribution < -0.4 is 0 Å². The Morgan fingerprint density at radius 3 is 1.05 bits per heavy atom.